The van der Waals surface area contributed by atoms with E-state index in [1.807, 2.05) is 13.0 Å². The third kappa shape index (κ3) is 1.67. The number of nitrogens with one attached hydrogen (secondary N) is 1. The molecule has 0 fully saturated rings. The van der Waals surface area contributed by atoms with E-state index in [1.165, 1.54) is 12.8 Å². The van der Waals surface area contributed by atoms with Crippen LogP contribution in [0.3, 0.4) is 0 Å². The molecule has 0 radical (unpaired) electrons. The topological polar surface area (TPSA) is 38.0 Å². The fraction of sp³-hybridized carbons (Fsp3) is 0.545. The minimum atomic E-state index is 0.241. The highest BCUT2D eigenvalue weighted by Gasteiger charge is 2.14. The van der Waals surface area contributed by atoms with Crippen molar-refractivity contribution in [3.05, 3.63) is 23.0 Å². The van der Waals surface area contributed by atoms with Gasteiger partial charge in [-0.05, 0) is 33.8 Å². The molecule has 0 atom stereocenters. The molecule has 1 N–H and O–H groups in total. The maximum absolute atomic E-state index is 7.63. The summed E-state index contributed by atoms with van der Waals surface area (Å²) in [4.78, 5) is 0. The summed E-state index contributed by atoms with van der Waals surface area (Å²) in [5.41, 5.74) is 3.16. The number of nitrogens with zero attached hydrogens (tertiary/aromatic N) is 1. The van der Waals surface area contributed by atoms with Crippen LogP contribution in [0, 0.1) is 19.3 Å². The van der Waals surface area contributed by atoms with Crippen molar-refractivity contribution >= 4 is 5.90 Å². The predicted molar refractivity (Wildman–Crippen MR) is 58.1 cm³/mol. The van der Waals surface area contributed by atoms with Crippen molar-refractivity contribution in [1.29, 1.82) is 5.41 Å². The van der Waals surface area contributed by atoms with Crippen LogP contribution >= 0.6 is 0 Å². The zero-order valence-electron chi connectivity index (χ0n) is 9.51. The Morgan fingerprint density at radius 1 is 1.43 bits per heavy atom. The Bertz CT molecular complexity index is 350. The summed E-state index contributed by atoms with van der Waals surface area (Å²) in [6.45, 7) is 8.36. The van der Waals surface area contributed by atoms with Gasteiger partial charge in [-0.1, -0.05) is 0 Å². The van der Waals surface area contributed by atoms with Gasteiger partial charge in [-0.3, -0.25) is 5.41 Å². The van der Waals surface area contributed by atoms with Gasteiger partial charge in [-0.2, -0.15) is 0 Å². The van der Waals surface area contributed by atoms with Gasteiger partial charge >= 0.3 is 0 Å². The van der Waals surface area contributed by atoms with E-state index in [0.29, 0.717) is 6.04 Å². The van der Waals surface area contributed by atoms with Crippen LogP contribution in [0.2, 0.25) is 0 Å². The standard InChI is InChI=1S/C11H18N2O/c1-7(2)13-8(3)6-10(9(13)4)11(12)14-5/h6-7,12H,1-5H3. The van der Waals surface area contributed by atoms with Gasteiger partial charge < -0.3 is 9.30 Å². The zero-order chi connectivity index (χ0) is 10.9. The largest absolute Gasteiger partial charge is 0.481 e. The lowest BCUT2D eigenvalue weighted by molar-refractivity contribution is 0.400. The quantitative estimate of drug-likeness (QED) is 0.570. The van der Waals surface area contributed by atoms with Gasteiger partial charge in [0.2, 0.25) is 5.90 Å². The Hall–Kier alpha value is -1.25. The second kappa shape index (κ2) is 3.86. The van der Waals surface area contributed by atoms with Crippen molar-refractivity contribution in [2.24, 2.45) is 0 Å². The van der Waals surface area contributed by atoms with Crippen molar-refractivity contribution in [2.45, 2.75) is 33.7 Å². The second-order valence-corrected chi connectivity index (χ2v) is 3.78. The zero-order valence-corrected chi connectivity index (χ0v) is 9.51. The minimum absolute atomic E-state index is 0.241. The number of rotatable bonds is 2. The van der Waals surface area contributed by atoms with Gasteiger partial charge in [-0.25, -0.2) is 0 Å². The Morgan fingerprint density at radius 2 is 2.00 bits per heavy atom. The van der Waals surface area contributed by atoms with Gasteiger partial charge in [0, 0.05) is 17.4 Å². The van der Waals surface area contributed by atoms with Crippen LogP contribution in [0.15, 0.2) is 6.07 Å². The van der Waals surface area contributed by atoms with E-state index >= 15 is 0 Å². The molecule has 0 aromatic carbocycles. The summed E-state index contributed by atoms with van der Waals surface area (Å²) in [5, 5.41) is 7.63. The molecule has 0 unspecified atom stereocenters. The number of aryl methyl sites for hydroxylation is 1. The molecule has 1 rings (SSSR count). The van der Waals surface area contributed by atoms with Crippen molar-refractivity contribution in [3.63, 3.8) is 0 Å². The van der Waals surface area contributed by atoms with E-state index in [2.05, 4.69) is 25.3 Å². The molecular formula is C11H18N2O. The molecule has 0 spiro atoms. The number of aromatic nitrogens is 1. The van der Waals surface area contributed by atoms with Crippen molar-refractivity contribution in [3.8, 4) is 0 Å². The molecule has 0 saturated heterocycles. The summed E-state index contributed by atoms with van der Waals surface area (Å²) in [5.74, 6) is 0.241. The molecule has 78 valence electrons. The molecule has 0 saturated carbocycles. The lowest BCUT2D eigenvalue weighted by atomic mass is 10.2. The minimum Gasteiger partial charge on any atom is -0.481 e. The van der Waals surface area contributed by atoms with Crippen LogP contribution in [-0.2, 0) is 4.74 Å². The first-order valence-electron chi connectivity index (χ1n) is 4.80. The van der Waals surface area contributed by atoms with Gasteiger partial charge in [0.25, 0.3) is 0 Å². The Kier molecular flexibility index (Phi) is 2.99. The van der Waals surface area contributed by atoms with E-state index in [1.54, 1.807) is 0 Å². The van der Waals surface area contributed by atoms with Crippen LogP contribution in [0.1, 0.15) is 36.8 Å². The second-order valence-electron chi connectivity index (χ2n) is 3.78. The SMILES string of the molecule is COC(=N)c1cc(C)n(C(C)C)c1C. The van der Waals surface area contributed by atoms with Crippen LogP contribution in [0.5, 0.6) is 0 Å². The van der Waals surface area contributed by atoms with E-state index in [0.717, 1.165) is 11.3 Å². The lowest BCUT2D eigenvalue weighted by Gasteiger charge is -2.13. The summed E-state index contributed by atoms with van der Waals surface area (Å²) in [6, 6.07) is 2.43. The third-order valence-electron chi connectivity index (χ3n) is 2.45. The summed E-state index contributed by atoms with van der Waals surface area (Å²) >= 11 is 0. The summed E-state index contributed by atoms with van der Waals surface area (Å²) in [6.07, 6.45) is 0. The molecule has 3 heteroatoms. The van der Waals surface area contributed by atoms with Gasteiger partial charge in [0.15, 0.2) is 0 Å². The molecule has 1 heterocycles. The number of hydrogen-bond acceptors (Lipinski definition) is 2. The van der Waals surface area contributed by atoms with E-state index in [-0.39, 0.29) is 5.90 Å². The van der Waals surface area contributed by atoms with Gasteiger partial charge in [0.1, 0.15) is 0 Å². The van der Waals surface area contributed by atoms with E-state index < -0.39 is 0 Å². The highest BCUT2D eigenvalue weighted by molar-refractivity contribution is 5.93. The summed E-state index contributed by atoms with van der Waals surface area (Å²) < 4.78 is 7.15. The van der Waals surface area contributed by atoms with Gasteiger partial charge in [0.05, 0.1) is 12.7 Å². The first kappa shape index (κ1) is 10.8. The normalized spacial score (nSPS) is 10.7. The monoisotopic (exact) mass is 194 g/mol. The van der Waals surface area contributed by atoms with Crippen molar-refractivity contribution in [1.82, 2.24) is 4.57 Å². The first-order valence-corrected chi connectivity index (χ1v) is 4.80. The molecule has 1 aromatic heterocycles. The van der Waals surface area contributed by atoms with Crippen LogP contribution in [0.4, 0.5) is 0 Å². The van der Waals surface area contributed by atoms with Crippen LogP contribution < -0.4 is 0 Å². The van der Waals surface area contributed by atoms with Crippen LogP contribution in [0.25, 0.3) is 0 Å². The molecule has 3 nitrogen and oxygen atoms in total. The summed E-state index contributed by atoms with van der Waals surface area (Å²) in [7, 11) is 1.53. The number of hydrogen-bond donors (Lipinski definition) is 1. The molecule has 0 aliphatic carbocycles. The maximum atomic E-state index is 7.63. The number of methoxy groups -OCH3 is 1. The predicted octanol–water partition coefficient (Wildman–Crippen LogP) is 2.66. The smallest absolute Gasteiger partial charge is 0.214 e. The first-order chi connectivity index (χ1) is 6.49. The number of ether oxygens (including phenoxy) is 1. The van der Waals surface area contributed by atoms with Crippen molar-refractivity contribution in [2.75, 3.05) is 7.11 Å². The Labute approximate surface area is 85.2 Å². The maximum Gasteiger partial charge on any atom is 0.214 e. The van der Waals surface area contributed by atoms with Crippen molar-refractivity contribution < 1.29 is 4.74 Å². The van der Waals surface area contributed by atoms with E-state index in [9.17, 15) is 0 Å². The Balaban J connectivity index is 3.23. The van der Waals surface area contributed by atoms with E-state index in [4.69, 9.17) is 10.1 Å². The highest BCUT2D eigenvalue weighted by Crippen LogP contribution is 2.20. The molecular weight excluding hydrogens is 176 g/mol. The molecule has 0 aliphatic heterocycles. The molecule has 1 aromatic rings. The fourth-order valence-corrected chi connectivity index (χ4v) is 1.91. The molecule has 0 aliphatic rings. The van der Waals surface area contributed by atoms with Crippen LogP contribution in [-0.4, -0.2) is 17.6 Å². The Morgan fingerprint density at radius 3 is 2.36 bits per heavy atom. The molecule has 0 amide bonds. The fourth-order valence-electron chi connectivity index (χ4n) is 1.91. The third-order valence-corrected chi connectivity index (χ3v) is 2.45. The molecule has 0 bridgehead atoms. The average molecular weight is 194 g/mol. The van der Waals surface area contributed by atoms with Gasteiger partial charge in [-0.15, -0.1) is 0 Å². The average Bonchev–Trinajstić information content (AvgIpc) is 2.40. The highest BCUT2D eigenvalue weighted by atomic mass is 16.5. The molecule has 14 heavy (non-hydrogen) atoms. The lowest BCUT2D eigenvalue weighted by Crippen LogP contribution is -2.07.